The fourth-order valence-electron chi connectivity index (χ4n) is 1.70. The van der Waals surface area contributed by atoms with Gasteiger partial charge in [-0.05, 0) is 31.2 Å². The fraction of sp³-hybridized carbons (Fsp3) is 0.154. The lowest BCUT2D eigenvalue weighted by Gasteiger charge is -2.13. The van der Waals surface area contributed by atoms with Crippen molar-refractivity contribution in [1.29, 1.82) is 0 Å². The largest absolute Gasteiger partial charge is 0.384 e. The van der Waals surface area contributed by atoms with Crippen molar-refractivity contribution in [3.05, 3.63) is 46.2 Å². The number of rotatable bonds is 5. The molecule has 0 saturated heterocycles. The van der Waals surface area contributed by atoms with E-state index in [-0.39, 0.29) is 4.90 Å². The van der Waals surface area contributed by atoms with Crippen molar-refractivity contribution < 1.29 is 8.42 Å². The zero-order valence-electron chi connectivity index (χ0n) is 11.1. The van der Waals surface area contributed by atoms with Crippen LogP contribution in [0.25, 0.3) is 0 Å². The van der Waals surface area contributed by atoms with Crippen molar-refractivity contribution in [3.63, 3.8) is 0 Å². The van der Waals surface area contributed by atoms with E-state index >= 15 is 0 Å². The van der Waals surface area contributed by atoms with Crippen molar-refractivity contribution in [2.24, 2.45) is 0 Å². The lowest BCUT2D eigenvalue weighted by atomic mass is 10.3. The quantitative estimate of drug-likeness (QED) is 0.816. The van der Waals surface area contributed by atoms with Crippen molar-refractivity contribution in [1.82, 2.24) is 4.98 Å². The molecular weight excluding hydrogens is 378 g/mol. The number of pyridine rings is 1. The molecule has 0 unspecified atom stereocenters. The van der Waals surface area contributed by atoms with E-state index in [1.165, 1.54) is 12.4 Å². The Morgan fingerprint density at radius 1 is 1.29 bits per heavy atom. The molecule has 0 fully saturated rings. The first-order valence-electron chi connectivity index (χ1n) is 6.10. The van der Waals surface area contributed by atoms with Crippen LogP contribution in [0, 0.1) is 0 Å². The maximum Gasteiger partial charge on any atom is 0.265 e. The van der Waals surface area contributed by atoms with Crippen molar-refractivity contribution >= 4 is 48.9 Å². The highest BCUT2D eigenvalue weighted by Crippen LogP contribution is 2.29. The molecule has 0 aliphatic heterocycles. The summed E-state index contributed by atoms with van der Waals surface area (Å²) in [4.78, 5) is 3.95. The first-order chi connectivity index (χ1) is 9.94. The molecular formula is C13H13BrClN3O2S. The molecule has 1 aromatic carbocycles. The van der Waals surface area contributed by atoms with E-state index in [0.717, 1.165) is 4.47 Å². The lowest BCUT2D eigenvalue weighted by molar-refractivity contribution is 0.601. The Kier molecular flexibility index (Phi) is 5.08. The van der Waals surface area contributed by atoms with Gasteiger partial charge in [-0.3, -0.25) is 9.71 Å². The maximum absolute atomic E-state index is 12.5. The highest BCUT2D eigenvalue weighted by molar-refractivity contribution is 9.10. The van der Waals surface area contributed by atoms with Crippen molar-refractivity contribution in [2.75, 3.05) is 16.6 Å². The van der Waals surface area contributed by atoms with Gasteiger partial charge in [-0.1, -0.05) is 27.5 Å². The molecule has 0 aliphatic rings. The van der Waals surface area contributed by atoms with Gasteiger partial charge in [-0.15, -0.1) is 0 Å². The lowest BCUT2D eigenvalue weighted by Crippen LogP contribution is -2.16. The van der Waals surface area contributed by atoms with Crippen LogP contribution in [-0.4, -0.2) is 19.9 Å². The van der Waals surface area contributed by atoms with Gasteiger partial charge in [0.25, 0.3) is 10.0 Å². The van der Waals surface area contributed by atoms with Crippen LogP contribution in [0.5, 0.6) is 0 Å². The number of aromatic nitrogens is 1. The summed E-state index contributed by atoms with van der Waals surface area (Å²) in [5.74, 6) is 0. The Hall–Kier alpha value is -1.31. The van der Waals surface area contributed by atoms with Gasteiger partial charge in [0, 0.05) is 23.4 Å². The van der Waals surface area contributed by atoms with E-state index < -0.39 is 10.0 Å². The van der Waals surface area contributed by atoms with Crippen LogP contribution in [-0.2, 0) is 10.0 Å². The molecule has 2 aromatic rings. The smallest absolute Gasteiger partial charge is 0.265 e. The maximum atomic E-state index is 12.5. The molecule has 21 heavy (non-hydrogen) atoms. The molecule has 1 heterocycles. The van der Waals surface area contributed by atoms with E-state index in [4.69, 9.17) is 11.6 Å². The average Bonchev–Trinajstić information content (AvgIpc) is 2.43. The summed E-state index contributed by atoms with van der Waals surface area (Å²) in [7, 11) is -3.78. The zero-order valence-corrected chi connectivity index (χ0v) is 14.3. The summed E-state index contributed by atoms with van der Waals surface area (Å²) in [6.07, 6.45) is 2.83. The summed E-state index contributed by atoms with van der Waals surface area (Å²) < 4.78 is 28.2. The molecule has 0 aliphatic carbocycles. The second-order valence-corrected chi connectivity index (χ2v) is 7.11. The number of anilines is 2. The summed E-state index contributed by atoms with van der Waals surface area (Å²) >= 11 is 9.31. The number of hydrogen-bond donors (Lipinski definition) is 2. The van der Waals surface area contributed by atoms with E-state index in [2.05, 4.69) is 31.0 Å². The molecule has 0 radical (unpaired) electrons. The van der Waals surface area contributed by atoms with Gasteiger partial charge in [-0.2, -0.15) is 0 Å². The number of nitrogens with zero attached hydrogens (tertiary/aromatic N) is 1. The summed E-state index contributed by atoms with van der Waals surface area (Å²) in [5.41, 5.74) is 0.805. The molecule has 2 rings (SSSR count). The van der Waals surface area contributed by atoms with Gasteiger partial charge in [0.1, 0.15) is 4.90 Å². The number of halogens is 2. The Balaban J connectivity index is 2.39. The second kappa shape index (κ2) is 6.64. The van der Waals surface area contributed by atoms with Crippen LogP contribution in [0.1, 0.15) is 6.92 Å². The summed E-state index contributed by atoms with van der Waals surface area (Å²) in [6, 6.07) is 6.53. The van der Waals surface area contributed by atoms with E-state index in [1.54, 1.807) is 24.3 Å². The van der Waals surface area contributed by atoms with Crippen LogP contribution in [0.2, 0.25) is 5.02 Å². The van der Waals surface area contributed by atoms with Crippen molar-refractivity contribution in [2.45, 2.75) is 11.8 Å². The highest BCUT2D eigenvalue weighted by Gasteiger charge is 2.20. The molecule has 2 N–H and O–H groups in total. The van der Waals surface area contributed by atoms with Gasteiger partial charge in [0.15, 0.2) is 0 Å². The van der Waals surface area contributed by atoms with Gasteiger partial charge in [0.05, 0.1) is 16.4 Å². The van der Waals surface area contributed by atoms with Crippen LogP contribution in [0.15, 0.2) is 46.0 Å². The van der Waals surface area contributed by atoms with Gasteiger partial charge < -0.3 is 5.32 Å². The molecule has 112 valence electrons. The Labute approximate surface area is 136 Å². The minimum atomic E-state index is -3.78. The molecule has 8 heteroatoms. The average molecular weight is 391 g/mol. The molecule has 0 atom stereocenters. The first-order valence-corrected chi connectivity index (χ1v) is 8.75. The summed E-state index contributed by atoms with van der Waals surface area (Å²) in [6.45, 7) is 2.49. The molecule has 0 bridgehead atoms. The monoisotopic (exact) mass is 389 g/mol. The zero-order chi connectivity index (χ0) is 15.5. The minimum Gasteiger partial charge on any atom is -0.384 e. The standard InChI is InChI=1S/C13H13BrClN3O2S/c1-2-17-12-5-6-16-8-13(12)21(19,20)18-11-4-3-9(14)7-10(11)15/h3-8,18H,2H2,1H3,(H,16,17). The predicted molar refractivity (Wildman–Crippen MR) is 88.4 cm³/mol. The third-order valence-corrected chi connectivity index (χ3v) is 4.82. The summed E-state index contributed by atoms with van der Waals surface area (Å²) in [5, 5.41) is 3.30. The van der Waals surface area contributed by atoms with Crippen LogP contribution in [0.4, 0.5) is 11.4 Å². The molecule has 0 saturated carbocycles. The Morgan fingerprint density at radius 3 is 2.71 bits per heavy atom. The third-order valence-electron chi connectivity index (χ3n) is 2.62. The van der Waals surface area contributed by atoms with Gasteiger partial charge in [0.2, 0.25) is 0 Å². The fourth-order valence-corrected chi connectivity index (χ4v) is 3.69. The van der Waals surface area contributed by atoms with Crippen molar-refractivity contribution in [3.8, 4) is 0 Å². The molecule has 0 amide bonds. The number of sulfonamides is 1. The SMILES string of the molecule is CCNc1ccncc1S(=O)(=O)Nc1ccc(Br)cc1Cl. The molecule has 1 aromatic heterocycles. The van der Waals surface area contributed by atoms with E-state index in [9.17, 15) is 8.42 Å². The third kappa shape index (κ3) is 3.87. The molecule has 0 spiro atoms. The molecule has 5 nitrogen and oxygen atoms in total. The first kappa shape index (κ1) is 16.1. The Morgan fingerprint density at radius 2 is 2.05 bits per heavy atom. The second-order valence-electron chi connectivity index (χ2n) is 4.13. The highest BCUT2D eigenvalue weighted by atomic mass is 79.9. The van der Waals surface area contributed by atoms with Crippen LogP contribution >= 0.6 is 27.5 Å². The number of nitrogens with one attached hydrogen (secondary N) is 2. The van der Waals surface area contributed by atoms with E-state index in [1.807, 2.05) is 6.92 Å². The normalized spacial score (nSPS) is 11.2. The van der Waals surface area contributed by atoms with Gasteiger partial charge in [-0.25, -0.2) is 8.42 Å². The number of hydrogen-bond acceptors (Lipinski definition) is 4. The number of benzene rings is 1. The minimum absolute atomic E-state index is 0.0748. The predicted octanol–water partition coefficient (Wildman–Crippen LogP) is 3.73. The van der Waals surface area contributed by atoms with Crippen LogP contribution < -0.4 is 10.0 Å². The topological polar surface area (TPSA) is 71.1 Å². The van der Waals surface area contributed by atoms with E-state index in [0.29, 0.717) is 22.9 Å². The van der Waals surface area contributed by atoms with Gasteiger partial charge >= 0.3 is 0 Å². The van der Waals surface area contributed by atoms with Crippen LogP contribution in [0.3, 0.4) is 0 Å². The Bertz CT molecular complexity index is 753.